The van der Waals surface area contributed by atoms with Gasteiger partial charge in [0.1, 0.15) is 0 Å². The third kappa shape index (κ3) is 6.78. The van der Waals surface area contributed by atoms with Crippen molar-refractivity contribution in [2.24, 2.45) is 11.7 Å². The van der Waals surface area contributed by atoms with E-state index in [9.17, 15) is 4.79 Å². The normalized spacial score (nSPS) is 16.9. The minimum Gasteiger partial charge on any atom is -0.355 e. The number of hydrogen-bond donors (Lipinski definition) is 2. The van der Waals surface area contributed by atoms with Gasteiger partial charge in [0.2, 0.25) is 5.91 Å². The summed E-state index contributed by atoms with van der Waals surface area (Å²) >= 11 is 0. The molecule has 0 saturated heterocycles. The molecular formula is C12H27Cl2N3O. The first-order chi connectivity index (χ1) is 7.65. The Morgan fingerprint density at radius 1 is 1.39 bits per heavy atom. The molecule has 0 bridgehead atoms. The van der Waals surface area contributed by atoms with Gasteiger partial charge in [0, 0.05) is 31.6 Å². The van der Waals surface area contributed by atoms with Crippen molar-refractivity contribution < 1.29 is 4.79 Å². The molecule has 0 spiro atoms. The quantitative estimate of drug-likeness (QED) is 0.780. The maximum Gasteiger partial charge on any atom is 0.224 e. The van der Waals surface area contributed by atoms with Crippen molar-refractivity contribution in [1.82, 2.24) is 10.2 Å². The highest BCUT2D eigenvalue weighted by molar-refractivity contribution is 5.85. The Morgan fingerprint density at radius 2 is 1.94 bits per heavy atom. The lowest BCUT2D eigenvalue weighted by molar-refractivity contribution is -0.124. The summed E-state index contributed by atoms with van der Waals surface area (Å²) in [5.41, 5.74) is 5.43. The van der Waals surface area contributed by atoms with Crippen LogP contribution in [0.15, 0.2) is 0 Å². The highest BCUT2D eigenvalue weighted by Gasteiger charge is 2.19. The van der Waals surface area contributed by atoms with Crippen LogP contribution in [-0.2, 0) is 4.79 Å². The number of halogens is 2. The Hall–Kier alpha value is -0.0300. The number of carbonyl (C=O) groups excluding carboxylic acids is 1. The molecule has 1 atom stereocenters. The number of likely N-dealkylation sites (N-methyl/N-ethyl adjacent to an activating group) is 1. The first kappa shape index (κ1) is 20.3. The molecule has 110 valence electrons. The summed E-state index contributed by atoms with van der Waals surface area (Å²) in [6, 6.07) is 0.726. The summed E-state index contributed by atoms with van der Waals surface area (Å²) in [6.45, 7) is 3.95. The van der Waals surface area contributed by atoms with E-state index in [0.29, 0.717) is 6.54 Å². The molecule has 18 heavy (non-hydrogen) atoms. The molecule has 1 rings (SSSR count). The molecule has 0 heterocycles. The monoisotopic (exact) mass is 299 g/mol. The van der Waals surface area contributed by atoms with Crippen molar-refractivity contribution in [3.05, 3.63) is 0 Å². The van der Waals surface area contributed by atoms with Gasteiger partial charge in [0.15, 0.2) is 0 Å². The van der Waals surface area contributed by atoms with Crippen LogP contribution in [0.25, 0.3) is 0 Å². The standard InChI is InChI=1S/C12H25N3O.2ClH/c1-10(9-13)12(16)14-7-8-15(2)11-5-3-4-6-11;;/h10-11H,3-9,13H2,1-2H3,(H,14,16);2*1H. The van der Waals surface area contributed by atoms with Crippen LogP contribution in [0.1, 0.15) is 32.6 Å². The highest BCUT2D eigenvalue weighted by atomic mass is 35.5. The van der Waals surface area contributed by atoms with Crippen LogP contribution in [0.3, 0.4) is 0 Å². The number of hydrogen-bond acceptors (Lipinski definition) is 3. The Labute approximate surface area is 123 Å². The number of nitrogens with two attached hydrogens (primary N) is 1. The lowest BCUT2D eigenvalue weighted by Gasteiger charge is -2.24. The number of nitrogens with zero attached hydrogens (tertiary/aromatic N) is 1. The maximum absolute atomic E-state index is 11.5. The van der Waals surface area contributed by atoms with Gasteiger partial charge in [-0.25, -0.2) is 0 Å². The minimum absolute atomic E-state index is 0. The molecule has 0 aromatic rings. The molecule has 1 aliphatic carbocycles. The van der Waals surface area contributed by atoms with Crippen LogP contribution in [0.5, 0.6) is 0 Å². The Balaban J connectivity index is 0. The summed E-state index contributed by atoms with van der Waals surface area (Å²) in [6.07, 6.45) is 5.32. The SMILES string of the molecule is CC(CN)C(=O)NCCN(C)C1CCCC1.Cl.Cl. The molecule has 1 amide bonds. The van der Waals surface area contributed by atoms with Gasteiger partial charge < -0.3 is 16.0 Å². The second kappa shape index (κ2) is 10.9. The van der Waals surface area contributed by atoms with Crippen molar-refractivity contribution in [3.8, 4) is 0 Å². The average Bonchev–Trinajstić information content (AvgIpc) is 2.81. The Bertz CT molecular complexity index is 223. The highest BCUT2D eigenvalue weighted by Crippen LogP contribution is 2.21. The zero-order valence-electron chi connectivity index (χ0n) is 11.4. The summed E-state index contributed by atoms with van der Waals surface area (Å²) in [4.78, 5) is 13.8. The molecule has 0 radical (unpaired) electrons. The van der Waals surface area contributed by atoms with Crippen LogP contribution >= 0.6 is 24.8 Å². The fraction of sp³-hybridized carbons (Fsp3) is 0.917. The van der Waals surface area contributed by atoms with Crippen molar-refractivity contribution in [2.75, 3.05) is 26.7 Å². The van der Waals surface area contributed by atoms with E-state index in [1.54, 1.807) is 0 Å². The number of nitrogens with one attached hydrogen (secondary N) is 1. The van der Waals surface area contributed by atoms with E-state index in [1.165, 1.54) is 25.7 Å². The second-order valence-electron chi connectivity index (χ2n) is 4.85. The topological polar surface area (TPSA) is 58.4 Å². The van der Waals surface area contributed by atoms with Crippen LogP contribution < -0.4 is 11.1 Å². The van der Waals surface area contributed by atoms with Crippen molar-refractivity contribution in [1.29, 1.82) is 0 Å². The van der Waals surface area contributed by atoms with Crippen LogP contribution in [0.4, 0.5) is 0 Å². The largest absolute Gasteiger partial charge is 0.355 e. The molecule has 1 unspecified atom stereocenters. The molecule has 3 N–H and O–H groups in total. The van der Waals surface area contributed by atoms with Crippen molar-refractivity contribution in [3.63, 3.8) is 0 Å². The minimum atomic E-state index is -0.0724. The first-order valence-corrected chi connectivity index (χ1v) is 6.33. The summed E-state index contributed by atoms with van der Waals surface area (Å²) in [7, 11) is 2.15. The smallest absolute Gasteiger partial charge is 0.224 e. The molecule has 0 aromatic heterocycles. The van der Waals surface area contributed by atoms with E-state index in [1.807, 2.05) is 6.92 Å². The number of carbonyl (C=O) groups is 1. The van der Waals surface area contributed by atoms with E-state index in [-0.39, 0.29) is 36.6 Å². The maximum atomic E-state index is 11.5. The van der Waals surface area contributed by atoms with Gasteiger partial charge in [-0.1, -0.05) is 19.8 Å². The van der Waals surface area contributed by atoms with E-state index in [0.717, 1.165) is 19.1 Å². The Kier molecular flexibility index (Phi) is 12.2. The molecule has 0 aliphatic heterocycles. The number of amides is 1. The second-order valence-corrected chi connectivity index (χ2v) is 4.85. The van der Waals surface area contributed by atoms with Gasteiger partial charge in [0.05, 0.1) is 0 Å². The molecule has 1 fully saturated rings. The first-order valence-electron chi connectivity index (χ1n) is 6.33. The zero-order valence-corrected chi connectivity index (χ0v) is 13.0. The zero-order chi connectivity index (χ0) is 12.0. The fourth-order valence-corrected chi connectivity index (χ4v) is 2.16. The summed E-state index contributed by atoms with van der Waals surface area (Å²) in [5.74, 6) is -0.000825. The van der Waals surface area contributed by atoms with E-state index >= 15 is 0 Å². The van der Waals surface area contributed by atoms with Gasteiger partial charge in [-0.05, 0) is 19.9 Å². The third-order valence-electron chi connectivity index (χ3n) is 3.51. The molecular weight excluding hydrogens is 273 g/mol. The fourth-order valence-electron chi connectivity index (χ4n) is 2.16. The van der Waals surface area contributed by atoms with Crippen LogP contribution in [-0.4, -0.2) is 43.5 Å². The predicted octanol–water partition coefficient (Wildman–Crippen LogP) is 1.42. The van der Waals surface area contributed by atoms with Gasteiger partial charge >= 0.3 is 0 Å². The predicted molar refractivity (Wildman–Crippen MR) is 80.6 cm³/mol. The van der Waals surface area contributed by atoms with Crippen LogP contribution in [0.2, 0.25) is 0 Å². The van der Waals surface area contributed by atoms with E-state index < -0.39 is 0 Å². The number of rotatable bonds is 6. The summed E-state index contributed by atoms with van der Waals surface area (Å²) < 4.78 is 0. The molecule has 0 aromatic carbocycles. The average molecular weight is 300 g/mol. The lowest BCUT2D eigenvalue weighted by atomic mass is 10.2. The van der Waals surface area contributed by atoms with E-state index in [2.05, 4.69) is 17.3 Å². The van der Waals surface area contributed by atoms with Gasteiger partial charge in [-0.15, -0.1) is 24.8 Å². The lowest BCUT2D eigenvalue weighted by Crippen LogP contribution is -2.40. The van der Waals surface area contributed by atoms with E-state index in [4.69, 9.17) is 5.73 Å². The van der Waals surface area contributed by atoms with Crippen molar-refractivity contribution >= 4 is 30.7 Å². The molecule has 4 nitrogen and oxygen atoms in total. The van der Waals surface area contributed by atoms with Crippen LogP contribution in [0, 0.1) is 5.92 Å². The third-order valence-corrected chi connectivity index (χ3v) is 3.51. The summed E-state index contributed by atoms with van der Waals surface area (Å²) in [5, 5.41) is 2.93. The van der Waals surface area contributed by atoms with Gasteiger partial charge in [0.25, 0.3) is 0 Å². The molecule has 1 aliphatic rings. The molecule has 6 heteroatoms. The van der Waals surface area contributed by atoms with Gasteiger partial charge in [-0.2, -0.15) is 0 Å². The van der Waals surface area contributed by atoms with Crippen molar-refractivity contribution in [2.45, 2.75) is 38.6 Å². The molecule has 1 saturated carbocycles. The Morgan fingerprint density at radius 3 is 2.44 bits per heavy atom. The van der Waals surface area contributed by atoms with Gasteiger partial charge in [-0.3, -0.25) is 4.79 Å².